The largest absolute Gasteiger partial charge is 0.467 e. The molecule has 0 spiro atoms. The van der Waals surface area contributed by atoms with Gasteiger partial charge in [0.15, 0.2) is 14.1 Å². The van der Waals surface area contributed by atoms with Crippen LogP contribution in [-0.2, 0) is 18.8 Å². The molecule has 0 aliphatic heterocycles. The van der Waals surface area contributed by atoms with Crippen molar-refractivity contribution < 1.29 is 18.8 Å². The van der Waals surface area contributed by atoms with Crippen molar-refractivity contribution in [1.82, 2.24) is 0 Å². The number of halogens is 2. The fraction of sp³-hybridized carbons (Fsp3) is 0.538. The molecule has 20 heavy (non-hydrogen) atoms. The van der Waals surface area contributed by atoms with Gasteiger partial charge in [-0.2, -0.15) is 0 Å². The molecule has 1 aliphatic carbocycles. The normalized spacial score (nSPS) is 25.9. The number of hydrogen-bond acceptors (Lipinski definition) is 4. The SMILES string of the molecule is C/C=C/C1=CC(=O)C(Cl)(Cl)C1(O[Si](C)(C)C)C(=O)OC. The first kappa shape index (κ1) is 17.4. The number of rotatable bonds is 4. The minimum absolute atomic E-state index is 0.310. The fourth-order valence-electron chi connectivity index (χ4n) is 2.05. The van der Waals surface area contributed by atoms with Crippen LogP contribution in [-0.4, -0.2) is 37.1 Å². The van der Waals surface area contributed by atoms with E-state index in [4.69, 9.17) is 32.4 Å². The molecule has 0 N–H and O–H groups in total. The van der Waals surface area contributed by atoms with Crippen LogP contribution in [0.1, 0.15) is 6.92 Å². The molecule has 1 aliphatic rings. The van der Waals surface area contributed by atoms with Gasteiger partial charge in [0.2, 0.25) is 9.93 Å². The standard InChI is InChI=1S/C13H18Cl2O4Si/c1-6-7-9-8-10(16)13(14,15)12(9,11(17)18-2)19-20(3,4)5/h6-8H,1-5H3/b7-6+. The average molecular weight is 337 g/mol. The van der Waals surface area contributed by atoms with Crippen LogP contribution in [0.25, 0.3) is 0 Å². The van der Waals surface area contributed by atoms with Crippen molar-refractivity contribution in [3.8, 4) is 0 Å². The minimum atomic E-state index is -2.26. The maximum Gasteiger partial charge on any atom is 0.345 e. The van der Waals surface area contributed by atoms with Crippen LogP contribution in [0.3, 0.4) is 0 Å². The first-order chi connectivity index (χ1) is 9.03. The number of ether oxygens (including phenoxy) is 1. The lowest BCUT2D eigenvalue weighted by molar-refractivity contribution is -0.157. The lowest BCUT2D eigenvalue weighted by Gasteiger charge is -2.40. The molecule has 1 rings (SSSR count). The molecular weight excluding hydrogens is 319 g/mol. The molecule has 0 saturated heterocycles. The molecule has 0 aromatic heterocycles. The number of allylic oxidation sites excluding steroid dienone is 2. The minimum Gasteiger partial charge on any atom is -0.467 e. The monoisotopic (exact) mass is 336 g/mol. The average Bonchev–Trinajstić information content (AvgIpc) is 2.49. The first-order valence-corrected chi connectivity index (χ1v) is 10.2. The third kappa shape index (κ3) is 2.72. The number of alkyl halides is 2. The van der Waals surface area contributed by atoms with Crippen LogP contribution in [0, 0.1) is 0 Å². The summed E-state index contributed by atoms with van der Waals surface area (Å²) in [7, 11) is -1.05. The third-order valence-corrected chi connectivity index (χ3v) is 4.55. The van der Waals surface area contributed by atoms with Gasteiger partial charge in [-0.05, 0) is 32.6 Å². The van der Waals surface area contributed by atoms with E-state index in [2.05, 4.69) is 0 Å². The van der Waals surface area contributed by atoms with E-state index in [1.165, 1.54) is 13.2 Å². The summed E-state index contributed by atoms with van der Waals surface area (Å²) in [6.07, 6.45) is 4.50. The second kappa shape index (κ2) is 5.64. The first-order valence-electron chi connectivity index (χ1n) is 6.08. The van der Waals surface area contributed by atoms with E-state index in [1.54, 1.807) is 19.1 Å². The molecule has 0 bridgehead atoms. The zero-order chi connectivity index (χ0) is 15.8. The number of carbonyl (C=O) groups excluding carboxylic acids is 2. The van der Waals surface area contributed by atoms with Crippen molar-refractivity contribution in [2.45, 2.75) is 36.5 Å². The molecule has 4 nitrogen and oxygen atoms in total. The predicted octanol–water partition coefficient (Wildman–Crippen LogP) is 3.01. The maximum absolute atomic E-state index is 12.3. The van der Waals surface area contributed by atoms with Crippen molar-refractivity contribution in [2.24, 2.45) is 0 Å². The smallest absolute Gasteiger partial charge is 0.345 e. The van der Waals surface area contributed by atoms with Crippen molar-refractivity contribution in [2.75, 3.05) is 7.11 Å². The van der Waals surface area contributed by atoms with Crippen molar-refractivity contribution in [3.63, 3.8) is 0 Å². The molecule has 7 heteroatoms. The number of ketones is 1. The molecule has 0 amide bonds. The molecular formula is C13H18Cl2O4Si. The van der Waals surface area contributed by atoms with Gasteiger partial charge in [-0.1, -0.05) is 35.4 Å². The lowest BCUT2D eigenvalue weighted by atomic mass is 9.94. The topological polar surface area (TPSA) is 52.6 Å². The lowest BCUT2D eigenvalue weighted by Crippen LogP contribution is -2.60. The predicted molar refractivity (Wildman–Crippen MR) is 81.5 cm³/mol. The zero-order valence-electron chi connectivity index (χ0n) is 12.1. The van der Waals surface area contributed by atoms with Crippen molar-refractivity contribution in [1.29, 1.82) is 0 Å². The Labute approximate surface area is 129 Å². The van der Waals surface area contributed by atoms with Gasteiger partial charge in [0.1, 0.15) is 0 Å². The van der Waals surface area contributed by atoms with E-state index in [-0.39, 0.29) is 0 Å². The van der Waals surface area contributed by atoms with Crippen LogP contribution < -0.4 is 0 Å². The molecule has 0 radical (unpaired) electrons. The number of esters is 1. The molecule has 0 aromatic carbocycles. The quantitative estimate of drug-likeness (QED) is 0.450. The Hall–Kier alpha value is -0.623. The summed E-state index contributed by atoms with van der Waals surface area (Å²) in [5.41, 5.74) is -1.51. The van der Waals surface area contributed by atoms with Crippen LogP contribution >= 0.6 is 23.2 Å². The molecule has 112 valence electrons. The number of hydrogen-bond donors (Lipinski definition) is 0. The van der Waals surface area contributed by atoms with E-state index in [0.29, 0.717) is 5.57 Å². The number of methoxy groups -OCH3 is 1. The summed E-state index contributed by atoms with van der Waals surface area (Å²) in [6.45, 7) is 7.37. The highest BCUT2D eigenvalue weighted by Crippen LogP contribution is 2.50. The highest BCUT2D eigenvalue weighted by Gasteiger charge is 2.67. The van der Waals surface area contributed by atoms with Crippen LogP contribution in [0.2, 0.25) is 19.6 Å². The maximum atomic E-state index is 12.3. The van der Waals surface area contributed by atoms with Gasteiger partial charge in [-0.15, -0.1) is 0 Å². The Morgan fingerprint density at radius 2 is 1.90 bits per heavy atom. The Bertz CT molecular complexity index is 491. The second-order valence-corrected chi connectivity index (χ2v) is 11.2. The van der Waals surface area contributed by atoms with Crippen LogP contribution in [0.15, 0.2) is 23.8 Å². The Morgan fingerprint density at radius 3 is 2.30 bits per heavy atom. The molecule has 0 aromatic rings. The summed E-state index contributed by atoms with van der Waals surface area (Å²) >= 11 is 12.4. The zero-order valence-corrected chi connectivity index (χ0v) is 14.6. The van der Waals surface area contributed by atoms with Crippen molar-refractivity contribution in [3.05, 3.63) is 23.8 Å². The molecule has 0 fully saturated rings. The number of carbonyl (C=O) groups is 2. The van der Waals surface area contributed by atoms with Crippen LogP contribution in [0.4, 0.5) is 0 Å². The van der Waals surface area contributed by atoms with E-state index >= 15 is 0 Å². The van der Waals surface area contributed by atoms with Crippen LogP contribution in [0.5, 0.6) is 0 Å². The van der Waals surface area contributed by atoms with Crippen molar-refractivity contribution >= 4 is 43.3 Å². The highest BCUT2D eigenvalue weighted by atomic mass is 35.5. The van der Waals surface area contributed by atoms with Gasteiger partial charge in [0.25, 0.3) is 0 Å². The van der Waals surface area contributed by atoms with Gasteiger partial charge in [-0.25, -0.2) is 4.79 Å². The third-order valence-electron chi connectivity index (χ3n) is 2.72. The molecule has 1 unspecified atom stereocenters. The second-order valence-electron chi connectivity index (χ2n) is 5.43. The fourth-order valence-corrected chi connectivity index (χ4v) is 4.01. The van der Waals surface area contributed by atoms with E-state index < -0.39 is 30.0 Å². The highest BCUT2D eigenvalue weighted by molar-refractivity contribution is 6.71. The summed E-state index contributed by atoms with van der Waals surface area (Å²) < 4.78 is 8.72. The molecule has 0 heterocycles. The Morgan fingerprint density at radius 1 is 1.35 bits per heavy atom. The summed E-state index contributed by atoms with van der Waals surface area (Å²) in [5, 5.41) is 0. The van der Waals surface area contributed by atoms with Gasteiger partial charge in [0.05, 0.1) is 7.11 Å². The Balaban J connectivity index is 3.56. The van der Waals surface area contributed by atoms with Gasteiger partial charge in [0, 0.05) is 5.57 Å². The van der Waals surface area contributed by atoms with E-state index in [0.717, 1.165) is 0 Å². The Kier molecular flexibility index (Phi) is 4.91. The molecule has 0 saturated carbocycles. The van der Waals surface area contributed by atoms with E-state index in [1.807, 2.05) is 19.6 Å². The van der Waals surface area contributed by atoms with E-state index in [9.17, 15) is 9.59 Å². The van der Waals surface area contributed by atoms with Gasteiger partial charge in [-0.3, -0.25) is 4.79 Å². The summed E-state index contributed by atoms with van der Waals surface area (Å²) in [6, 6.07) is 0. The van der Waals surface area contributed by atoms with Gasteiger partial charge < -0.3 is 9.16 Å². The molecule has 1 atom stereocenters. The summed E-state index contributed by atoms with van der Waals surface area (Å²) in [4.78, 5) is 24.4. The summed E-state index contributed by atoms with van der Waals surface area (Å²) in [5.74, 6) is -1.36. The van der Waals surface area contributed by atoms with Gasteiger partial charge >= 0.3 is 5.97 Å².